The van der Waals surface area contributed by atoms with Crippen LogP contribution in [0.5, 0.6) is 0 Å². The Morgan fingerprint density at radius 2 is 1.45 bits per heavy atom. The zero-order valence-electron chi connectivity index (χ0n) is 13.7. The summed E-state index contributed by atoms with van der Waals surface area (Å²) in [5, 5.41) is 0. The maximum atomic E-state index is 2.34. The van der Waals surface area contributed by atoms with Crippen LogP contribution < -0.4 is 0 Å². The van der Waals surface area contributed by atoms with Gasteiger partial charge in [0, 0.05) is 0 Å². The molecule has 0 aliphatic rings. The predicted molar refractivity (Wildman–Crippen MR) is 89.2 cm³/mol. The first-order valence-corrected chi connectivity index (χ1v) is 7.43. The molecule has 0 unspecified atom stereocenters. The lowest BCUT2D eigenvalue weighted by Crippen LogP contribution is -2.09. The zero-order valence-corrected chi connectivity index (χ0v) is 13.7. The quantitative estimate of drug-likeness (QED) is 0.638. The maximum Gasteiger partial charge on any atom is -0.0154 e. The normalized spacial score (nSPS) is 11.7. The molecule has 0 saturated heterocycles. The van der Waals surface area contributed by atoms with Crippen molar-refractivity contribution < 1.29 is 0 Å². The molecular formula is C20H26. The van der Waals surface area contributed by atoms with Crippen LogP contribution in [0, 0.1) is 26.2 Å². The van der Waals surface area contributed by atoms with E-state index in [0.717, 1.165) is 6.42 Å². The molecule has 2 rings (SSSR count). The Kier molecular flexibility index (Phi) is 4.04. The molecule has 2 aromatic carbocycles. The van der Waals surface area contributed by atoms with Gasteiger partial charge in [-0.15, -0.1) is 0 Å². The van der Waals surface area contributed by atoms with Gasteiger partial charge in [-0.25, -0.2) is 0 Å². The molecule has 0 nitrogen and oxygen atoms in total. The summed E-state index contributed by atoms with van der Waals surface area (Å²) in [4.78, 5) is 0. The van der Waals surface area contributed by atoms with E-state index in [0.29, 0.717) is 5.41 Å². The Morgan fingerprint density at radius 3 is 2.00 bits per heavy atom. The lowest BCUT2D eigenvalue weighted by Gasteiger charge is -2.19. The van der Waals surface area contributed by atoms with Gasteiger partial charge in [0.05, 0.1) is 0 Å². The molecule has 0 heteroatoms. The summed E-state index contributed by atoms with van der Waals surface area (Å²) in [7, 11) is 0. The van der Waals surface area contributed by atoms with Gasteiger partial charge in [0.15, 0.2) is 0 Å². The van der Waals surface area contributed by atoms with Gasteiger partial charge >= 0.3 is 0 Å². The van der Waals surface area contributed by atoms with Crippen LogP contribution in [-0.2, 0) is 6.42 Å². The molecule has 0 radical (unpaired) electrons. The molecule has 0 spiro atoms. The van der Waals surface area contributed by atoms with Crippen molar-refractivity contribution >= 4 is 0 Å². The van der Waals surface area contributed by atoms with Crippen LogP contribution in [0.1, 0.15) is 43.0 Å². The second-order valence-electron chi connectivity index (χ2n) is 7.19. The van der Waals surface area contributed by atoms with Gasteiger partial charge in [0.1, 0.15) is 0 Å². The molecule has 0 atom stereocenters. The van der Waals surface area contributed by atoms with E-state index in [-0.39, 0.29) is 0 Å². The van der Waals surface area contributed by atoms with Crippen LogP contribution in [0.25, 0.3) is 11.1 Å². The van der Waals surface area contributed by atoms with E-state index in [1.54, 1.807) is 0 Å². The Hall–Kier alpha value is -1.56. The fraction of sp³-hybridized carbons (Fsp3) is 0.400. The molecule has 0 aliphatic carbocycles. The number of aryl methyl sites for hydroxylation is 3. The predicted octanol–water partition coefficient (Wildman–Crippen LogP) is 5.87. The van der Waals surface area contributed by atoms with Gasteiger partial charge in [-0.1, -0.05) is 57.2 Å². The summed E-state index contributed by atoms with van der Waals surface area (Å²) < 4.78 is 0. The topological polar surface area (TPSA) is 0 Å². The number of hydrogen-bond donors (Lipinski definition) is 0. The third-order valence-corrected chi connectivity index (χ3v) is 3.84. The monoisotopic (exact) mass is 266 g/mol. The van der Waals surface area contributed by atoms with Crippen LogP contribution in [0.15, 0.2) is 36.4 Å². The van der Waals surface area contributed by atoms with Crippen LogP contribution in [0.2, 0.25) is 0 Å². The molecule has 0 N–H and O–H groups in total. The molecule has 0 aliphatic heterocycles. The Balaban J connectivity index is 2.36. The van der Waals surface area contributed by atoms with Crippen molar-refractivity contribution in [2.75, 3.05) is 0 Å². The summed E-state index contributed by atoms with van der Waals surface area (Å²) in [6.45, 7) is 13.4. The fourth-order valence-corrected chi connectivity index (χ4v) is 2.68. The molecule has 0 saturated carbocycles. The minimum absolute atomic E-state index is 0.342. The van der Waals surface area contributed by atoms with E-state index in [1.807, 2.05) is 0 Å². The Labute approximate surface area is 123 Å². The van der Waals surface area contributed by atoms with E-state index < -0.39 is 0 Å². The first-order valence-electron chi connectivity index (χ1n) is 7.43. The third-order valence-electron chi connectivity index (χ3n) is 3.84. The van der Waals surface area contributed by atoms with Gasteiger partial charge in [-0.3, -0.25) is 0 Å². The smallest absolute Gasteiger partial charge is 0.0154 e. The van der Waals surface area contributed by atoms with E-state index in [2.05, 4.69) is 77.9 Å². The number of hydrogen-bond acceptors (Lipinski definition) is 0. The highest BCUT2D eigenvalue weighted by Gasteiger charge is 2.12. The fourth-order valence-electron chi connectivity index (χ4n) is 2.68. The first-order chi connectivity index (χ1) is 9.26. The van der Waals surface area contributed by atoms with Crippen molar-refractivity contribution in [3.8, 4) is 11.1 Å². The molecule has 0 bridgehead atoms. The lowest BCUT2D eigenvalue weighted by atomic mass is 9.86. The Morgan fingerprint density at radius 1 is 0.750 bits per heavy atom. The van der Waals surface area contributed by atoms with Gasteiger partial charge in [0.25, 0.3) is 0 Å². The SMILES string of the molecule is Cc1ccc(-c2ccc(CC(C)(C)C)cc2C)cc1C. The van der Waals surface area contributed by atoms with Crippen molar-refractivity contribution in [3.63, 3.8) is 0 Å². The summed E-state index contributed by atoms with van der Waals surface area (Å²) in [5.41, 5.74) is 8.54. The molecule has 2 aromatic rings. The molecular weight excluding hydrogens is 240 g/mol. The summed E-state index contributed by atoms with van der Waals surface area (Å²) in [5.74, 6) is 0. The lowest BCUT2D eigenvalue weighted by molar-refractivity contribution is 0.411. The van der Waals surface area contributed by atoms with Crippen LogP contribution in [-0.4, -0.2) is 0 Å². The van der Waals surface area contributed by atoms with Gasteiger partial charge in [0.2, 0.25) is 0 Å². The molecule has 0 amide bonds. The third kappa shape index (κ3) is 3.50. The van der Waals surface area contributed by atoms with Crippen molar-refractivity contribution in [2.24, 2.45) is 5.41 Å². The standard InChI is InChI=1S/C20H26/c1-14-7-9-18(12-15(14)2)19-10-8-17(11-16(19)3)13-20(4,5)6/h7-12H,13H2,1-6H3. The van der Waals surface area contributed by atoms with Crippen LogP contribution in [0.3, 0.4) is 0 Å². The molecule has 0 fully saturated rings. The highest BCUT2D eigenvalue weighted by atomic mass is 14.2. The average Bonchev–Trinajstić information content (AvgIpc) is 2.31. The summed E-state index contributed by atoms with van der Waals surface area (Å²) in [6.07, 6.45) is 1.13. The van der Waals surface area contributed by atoms with Crippen molar-refractivity contribution in [2.45, 2.75) is 48.0 Å². The van der Waals surface area contributed by atoms with E-state index in [1.165, 1.54) is 33.4 Å². The molecule has 0 heterocycles. The van der Waals surface area contributed by atoms with Crippen LogP contribution >= 0.6 is 0 Å². The number of rotatable bonds is 2. The Bertz CT molecular complexity index is 612. The van der Waals surface area contributed by atoms with Crippen molar-refractivity contribution in [1.29, 1.82) is 0 Å². The van der Waals surface area contributed by atoms with Crippen molar-refractivity contribution in [1.82, 2.24) is 0 Å². The minimum Gasteiger partial charge on any atom is -0.0599 e. The van der Waals surface area contributed by atoms with E-state index >= 15 is 0 Å². The van der Waals surface area contributed by atoms with Gasteiger partial charge < -0.3 is 0 Å². The highest BCUT2D eigenvalue weighted by molar-refractivity contribution is 5.68. The van der Waals surface area contributed by atoms with Crippen LogP contribution in [0.4, 0.5) is 0 Å². The summed E-state index contributed by atoms with van der Waals surface area (Å²) in [6, 6.07) is 13.6. The average molecular weight is 266 g/mol. The largest absolute Gasteiger partial charge is 0.0599 e. The number of benzene rings is 2. The van der Waals surface area contributed by atoms with Crippen molar-refractivity contribution in [3.05, 3.63) is 58.7 Å². The van der Waals surface area contributed by atoms with E-state index in [9.17, 15) is 0 Å². The molecule has 20 heavy (non-hydrogen) atoms. The molecule has 0 aromatic heterocycles. The second kappa shape index (κ2) is 5.44. The van der Waals surface area contributed by atoms with Gasteiger partial charge in [-0.2, -0.15) is 0 Å². The second-order valence-corrected chi connectivity index (χ2v) is 7.19. The zero-order chi connectivity index (χ0) is 14.9. The summed E-state index contributed by atoms with van der Waals surface area (Å²) >= 11 is 0. The molecule has 106 valence electrons. The minimum atomic E-state index is 0.342. The van der Waals surface area contributed by atoms with Gasteiger partial charge in [-0.05, 0) is 66.0 Å². The highest BCUT2D eigenvalue weighted by Crippen LogP contribution is 2.28. The maximum absolute atomic E-state index is 2.34. The van der Waals surface area contributed by atoms with E-state index in [4.69, 9.17) is 0 Å². The first kappa shape index (κ1) is 14.8.